The smallest absolute Gasteiger partial charge is 0.253 e. The number of rotatable bonds is 10. The second-order valence-electron chi connectivity index (χ2n) is 8.30. The van der Waals surface area contributed by atoms with Gasteiger partial charge in [-0.15, -0.1) is 11.6 Å². The maximum absolute atomic E-state index is 10.3. The molecule has 2 aromatic heterocycles. The van der Waals surface area contributed by atoms with E-state index in [1.54, 1.807) is 32.2 Å². The average molecular weight is 586 g/mol. The van der Waals surface area contributed by atoms with Crippen molar-refractivity contribution in [1.82, 2.24) is 24.6 Å². The number of halogens is 1. The maximum Gasteiger partial charge on any atom is 0.253 e. The predicted molar refractivity (Wildman–Crippen MR) is 152 cm³/mol. The number of hydrogen-bond donors (Lipinski definition) is 4. The molecule has 0 aliphatic carbocycles. The number of aromatic nitrogens is 4. The summed E-state index contributed by atoms with van der Waals surface area (Å²) in [5.74, 6) is 1.54. The second-order valence-corrected chi connectivity index (χ2v) is 9.98. The topological polar surface area (TPSA) is 168 Å². The van der Waals surface area contributed by atoms with Crippen LogP contribution in [0, 0.1) is 0 Å². The number of nitrogens with two attached hydrogens (primary N) is 1. The minimum atomic E-state index is -1.88. The van der Waals surface area contributed by atoms with Gasteiger partial charge in [-0.3, -0.25) is 4.57 Å². The Morgan fingerprint density at radius 3 is 2.56 bits per heavy atom. The first-order valence-corrected chi connectivity index (χ1v) is 13.8. The van der Waals surface area contributed by atoms with E-state index in [1.165, 1.54) is 0 Å². The van der Waals surface area contributed by atoms with Gasteiger partial charge in [0.1, 0.15) is 12.0 Å². The molecule has 1 aliphatic heterocycles. The lowest BCUT2D eigenvalue weighted by Gasteiger charge is -2.17. The molecule has 216 valence electrons. The molecule has 1 fully saturated rings. The van der Waals surface area contributed by atoms with E-state index in [1.807, 2.05) is 44.2 Å². The first-order chi connectivity index (χ1) is 18.7. The molecule has 39 heavy (non-hydrogen) atoms. The lowest BCUT2D eigenvalue weighted by Crippen LogP contribution is -2.19. The molecular weight excluding hydrogens is 549 g/mol. The number of carbonyl (C=O) groups is 1. The average Bonchev–Trinajstić information content (AvgIpc) is 3.53. The molecule has 5 N–H and O–H groups in total. The number of nitrogens with zero attached hydrogens (tertiary/aromatic N) is 4. The fourth-order valence-corrected chi connectivity index (χ4v) is 4.23. The zero-order chi connectivity index (χ0) is 28.8. The van der Waals surface area contributed by atoms with Crippen LogP contribution in [0.2, 0.25) is 0 Å². The summed E-state index contributed by atoms with van der Waals surface area (Å²) in [5.41, 5.74) is 6.83. The molecule has 15 heteroatoms. The van der Waals surface area contributed by atoms with Gasteiger partial charge in [0.2, 0.25) is 5.95 Å². The second kappa shape index (κ2) is 17.1. The molecule has 1 saturated heterocycles. The van der Waals surface area contributed by atoms with Gasteiger partial charge in [0.05, 0.1) is 44.2 Å². The molecule has 0 amide bonds. The summed E-state index contributed by atoms with van der Waals surface area (Å²) in [7, 11) is 3.19. The summed E-state index contributed by atoms with van der Waals surface area (Å²) in [4.78, 5) is 32.5. The van der Waals surface area contributed by atoms with Crippen molar-refractivity contribution in [2.45, 2.75) is 44.1 Å². The zero-order valence-electron chi connectivity index (χ0n) is 22.7. The first kappa shape index (κ1) is 32.6. The van der Waals surface area contributed by atoms with Crippen LogP contribution in [0.4, 0.5) is 11.8 Å². The van der Waals surface area contributed by atoms with Gasteiger partial charge in [-0.05, 0) is 32.4 Å². The minimum Gasteiger partial charge on any atom is -0.497 e. The highest BCUT2D eigenvalue weighted by Gasteiger charge is 2.37. The Morgan fingerprint density at radius 1 is 1.31 bits per heavy atom. The quantitative estimate of drug-likeness (QED) is 0.156. The Bertz CT molecular complexity index is 1130. The fraction of sp³-hybridized carbons (Fsp3) is 0.500. The molecule has 0 spiro atoms. The van der Waals surface area contributed by atoms with Crippen LogP contribution in [-0.2, 0) is 18.8 Å². The lowest BCUT2D eigenvalue weighted by molar-refractivity contribution is -0.107. The number of methoxy groups -OCH3 is 2. The number of anilines is 2. The largest absolute Gasteiger partial charge is 0.497 e. The fourth-order valence-electron chi connectivity index (χ4n) is 3.22. The highest BCUT2D eigenvalue weighted by Crippen LogP contribution is 2.37. The third kappa shape index (κ3) is 10.5. The van der Waals surface area contributed by atoms with E-state index in [2.05, 4.69) is 25.4 Å². The van der Waals surface area contributed by atoms with Gasteiger partial charge >= 0.3 is 0 Å². The minimum absolute atomic E-state index is 0.0183. The number of para-hydroxylation sites is 1. The van der Waals surface area contributed by atoms with Crippen molar-refractivity contribution in [3.63, 3.8) is 0 Å². The van der Waals surface area contributed by atoms with Crippen LogP contribution < -0.4 is 20.9 Å². The molecule has 0 saturated carbocycles. The molecular formula is C24H37ClN7O6P. The Morgan fingerprint density at radius 2 is 2.00 bits per heavy atom. The number of alkyl halides is 1. The van der Waals surface area contributed by atoms with E-state index in [0.717, 1.165) is 5.75 Å². The Hall–Kier alpha value is -2.64. The summed E-state index contributed by atoms with van der Waals surface area (Å²) < 4.78 is 22.6. The number of hydrogen-bond acceptors (Lipinski definition) is 12. The SMILES string of the molecule is CNc1nc(N)nc2c1ncn2C1OC(COP(O)NCC=O)CC1Cl.COC(C)C.COc1ccccc1. The third-order valence-electron chi connectivity index (χ3n) is 5.22. The van der Waals surface area contributed by atoms with E-state index >= 15 is 0 Å². The van der Waals surface area contributed by atoms with E-state index in [-0.39, 0.29) is 30.6 Å². The monoisotopic (exact) mass is 585 g/mol. The van der Waals surface area contributed by atoms with Crippen LogP contribution in [0.5, 0.6) is 5.75 Å². The predicted octanol–water partition coefficient (Wildman–Crippen LogP) is 3.11. The van der Waals surface area contributed by atoms with Gasteiger partial charge < -0.3 is 39.5 Å². The van der Waals surface area contributed by atoms with E-state index in [9.17, 15) is 9.69 Å². The number of aldehydes is 1. The summed E-state index contributed by atoms with van der Waals surface area (Å²) in [5, 5.41) is 5.12. The van der Waals surface area contributed by atoms with Gasteiger partial charge in [-0.1, -0.05) is 18.2 Å². The van der Waals surface area contributed by atoms with Crippen LogP contribution in [-0.4, -0.2) is 82.7 Å². The summed E-state index contributed by atoms with van der Waals surface area (Å²) >= 11 is 6.44. The van der Waals surface area contributed by atoms with Crippen LogP contribution in [0.25, 0.3) is 11.2 Å². The van der Waals surface area contributed by atoms with Crippen molar-refractivity contribution in [2.75, 3.05) is 45.5 Å². The Kier molecular flexibility index (Phi) is 14.3. The van der Waals surface area contributed by atoms with Crippen molar-refractivity contribution in [2.24, 2.45) is 0 Å². The molecule has 0 radical (unpaired) electrons. The van der Waals surface area contributed by atoms with Crippen LogP contribution in [0.1, 0.15) is 26.5 Å². The van der Waals surface area contributed by atoms with Crippen LogP contribution in [0.15, 0.2) is 36.7 Å². The highest BCUT2D eigenvalue weighted by atomic mass is 35.5. The zero-order valence-corrected chi connectivity index (χ0v) is 24.3. The molecule has 4 atom stereocenters. The summed E-state index contributed by atoms with van der Waals surface area (Å²) in [6.45, 7) is 4.16. The van der Waals surface area contributed by atoms with Gasteiger partial charge in [0.15, 0.2) is 23.2 Å². The van der Waals surface area contributed by atoms with Crippen LogP contribution >= 0.6 is 20.1 Å². The van der Waals surface area contributed by atoms with Crippen molar-refractivity contribution in [1.29, 1.82) is 0 Å². The van der Waals surface area contributed by atoms with Crippen molar-refractivity contribution in [3.8, 4) is 5.75 Å². The van der Waals surface area contributed by atoms with Gasteiger partial charge in [0, 0.05) is 14.2 Å². The standard InChI is InChI=1S/C13H19ClN7O4P.C7H8O.C4H10O/c1-16-10-9-11(20-13(15)19-10)21(6-17-9)12-8(14)4-7(25-12)5-24-26(23)18-2-3-22;1-8-7-5-3-2-4-6-7;1-4(2)5-3/h3,6-8,12,18,23H,2,4-5H2,1H3,(H3,15,16,19,20);2-6H,1H3;4H,1-3H3. The van der Waals surface area contributed by atoms with Crippen molar-refractivity contribution >= 4 is 49.3 Å². The van der Waals surface area contributed by atoms with Crippen molar-refractivity contribution in [3.05, 3.63) is 36.7 Å². The summed E-state index contributed by atoms with van der Waals surface area (Å²) in [6, 6.07) is 9.68. The summed E-state index contributed by atoms with van der Waals surface area (Å²) in [6.07, 6.45) is 2.29. The molecule has 4 unspecified atom stereocenters. The molecule has 1 aliphatic rings. The van der Waals surface area contributed by atoms with Crippen molar-refractivity contribution < 1.29 is 28.4 Å². The molecule has 13 nitrogen and oxygen atoms in total. The van der Waals surface area contributed by atoms with E-state index in [0.29, 0.717) is 35.8 Å². The Labute approximate surface area is 234 Å². The van der Waals surface area contributed by atoms with Crippen LogP contribution in [0.3, 0.4) is 0 Å². The van der Waals surface area contributed by atoms with Gasteiger partial charge in [0.25, 0.3) is 8.53 Å². The number of fused-ring (bicyclic) bond motifs is 1. The number of carbonyl (C=O) groups excluding carboxylic acids is 1. The molecule has 3 aromatic rings. The van der Waals surface area contributed by atoms with E-state index < -0.39 is 14.8 Å². The molecule has 3 heterocycles. The highest BCUT2D eigenvalue weighted by molar-refractivity contribution is 7.43. The number of nitrogen functional groups attached to an aromatic ring is 1. The lowest BCUT2D eigenvalue weighted by atomic mass is 10.2. The Balaban J connectivity index is 0.000000337. The van der Waals surface area contributed by atoms with Gasteiger partial charge in [-0.2, -0.15) is 9.97 Å². The maximum atomic E-state index is 10.3. The van der Waals surface area contributed by atoms with E-state index in [4.69, 9.17) is 36.1 Å². The first-order valence-electron chi connectivity index (χ1n) is 12.1. The number of imidazole rings is 1. The normalized spacial score (nSPS) is 19.0. The number of ether oxygens (including phenoxy) is 3. The third-order valence-corrected chi connectivity index (χ3v) is 6.46. The number of benzene rings is 1. The molecule has 0 bridgehead atoms. The number of nitrogens with one attached hydrogen (secondary N) is 2. The molecule has 1 aromatic carbocycles. The molecule has 4 rings (SSSR count). The van der Waals surface area contributed by atoms with Gasteiger partial charge in [-0.25, -0.2) is 10.1 Å².